The molecule has 1 rings (SSSR count). The van der Waals surface area contributed by atoms with Gasteiger partial charge in [-0.25, -0.2) is 4.39 Å². The van der Waals surface area contributed by atoms with Crippen molar-refractivity contribution in [2.24, 2.45) is 0 Å². The molecule has 0 fully saturated rings. The van der Waals surface area contributed by atoms with Gasteiger partial charge in [0.25, 0.3) is 5.91 Å². The number of aliphatic hydroxyl groups is 1. The van der Waals surface area contributed by atoms with Crippen LogP contribution in [0.3, 0.4) is 0 Å². The van der Waals surface area contributed by atoms with Crippen LogP contribution in [-0.4, -0.2) is 23.7 Å². The van der Waals surface area contributed by atoms with Gasteiger partial charge in [-0.3, -0.25) is 4.79 Å². The number of rotatable bonds is 4. The molecule has 1 unspecified atom stereocenters. The Kier molecular flexibility index (Phi) is 4.89. The van der Waals surface area contributed by atoms with Crippen molar-refractivity contribution in [3.63, 3.8) is 0 Å². The molecule has 0 bridgehead atoms. The van der Waals surface area contributed by atoms with Crippen LogP contribution in [0, 0.1) is 5.82 Å². The number of amides is 1. The van der Waals surface area contributed by atoms with E-state index in [4.69, 9.17) is 5.11 Å². The standard InChI is InChI=1S/C11H13BrFNO2/c1-2-8(6-15)14-11(16)9-4-3-7(12)5-10(9)13/h3-5,8,15H,2,6H2,1H3,(H,14,16). The van der Waals surface area contributed by atoms with Gasteiger partial charge in [-0.2, -0.15) is 0 Å². The zero-order chi connectivity index (χ0) is 12.1. The summed E-state index contributed by atoms with van der Waals surface area (Å²) < 4.78 is 14.0. The predicted molar refractivity (Wildman–Crippen MR) is 62.7 cm³/mol. The fraction of sp³-hybridized carbons (Fsp3) is 0.364. The smallest absolute Gasteiger partial charge is 0.254 e. The Morgan fingerprint density at radius 2 is 2.31 bits per heavy atom. The van der Waals surface area contributed by atoms with Gasteiger partial charge in [0.05, 0.1) is 18.2 Å². The molecule has 1 amide bonds. The van der Waals surface area contributed by atoms with Crippen LogP contribution in [0.4, 0.5) is 4.39 Å². The maximum atomic E-state index is 13.4. The molecule has 3 nitrogen and oxygen atoms in total. The minimum absolute atomic E-state index is 0.0184. The number of benzene rings is 1. The minimum Gasteiger partial charge on any atom is -0.394 e. The Bertz CT molecular complexity index is 380. The lowest BCUT2D eigenvalue weighted by molar-refractivity contribution is 0.0911. The second-order valence-corrected chi connectivity index (χ2v) is 4.30. The first-order valence-electron chi connectivity index (χ1n) is 4.95. The number of carbonyl (C=O) groups excluding carboxylic acids is 1. The van der Waals surface area contributed by atoms with Crippen LogP contribution in [0.2, 0.25) is 0 Å². The molecular weight excluding hydrogens is 277 g/mol. The molecule has 16 heavy (non-hydrogen) atoms. The van der Waals surface area contributed by atoms with E-state index in [1.165, 1.54) is 12.1 Å². The third kappa shape index (κ3) is 3.28. The Labute approximate surface area is 102 Å². The third-order valence-corrected chi connectivity index (χ3v) is 2.72. The summed E-state index contributed by atoms with van der Waals surface area (Å²) in [5.41, 5.74) is -0.0184. The molecule has 0 radical (unpaired) electrons. The average Bonchev–Trinajstić information content (AvgIpc) is 2.25. The summed E-state index contributed by atoms with van der Waals surface area (Å²) in [7, 11) is 0. The Hall–Kier alpha value is -0.940. The van der Waals surface area contributed by atoms with Crippen LogP contribution in [0.5, 0.6) is 0 Å². The van der Waals surface area contributed by atoms with Crippen LogP contribution >= 0.6 is 15.9 Å². The second kappa shape index (κ2) is 5.96. The number of aliphatic hydroxyl groups excluding tert-OH is 1. The SMILES string of the molecule is CCC(CO)NC(=O)c1ccc(Br)cc1F. The number of carbonyl (C=O) groups is 1. The zero-order valence-electron chi connectivity index (χ0n) is 8.84. The zero-order valence-corrected chi connectivity index (χ0v) is 10.4. The summed E-state index contributed by atoms with van der Waals surface area (Å²) in [6, 6.07) is 3.89. The average molecular weight is 290 g/mol. The van der Waals surface area contributed by atoms with Crippen molar-refractivity contribution in [3.05, 3.63) is 34.1 Å². The quantitative estimate of drug-likeness (QED) is 0.892. The molecule has 0 aliphatic heterocycles. The molecule has 88 valence electrons. The van der Waals surface area contributed by atoms with Crippen molar-refractivity contribution < 1.29 is 14.3 Å². The van der Waals surface area contributed by atoms with Gasteiger partial charge in [0.1, 0.15) is 5.82 Å². The fourth-order valence-electron chi connectivity index (χ4n) is 1.21. The van der Waals surface area contributed by atoms with Crippen LogP contribution in [0.15, 0.2) is 22.7 Å². The van der Waals surface area contributed by atoms with E-state index < -0.39 is 11.7 Å². The van der Waals surface area contributed by atoms with Crippen molar-refractivity contribution in [3.8, 4) is 0 Å². The van der Waals surface area contributed by atoms with Crippen LogP contribution in [0.1, 0.15) is 23.7 Å². The molecule has 0 saturated heterocycles. The molecule has 0 aliphatic carbocycles. The molecule has 1 atom stereocenters. The largest absolute Gasteiger partial charge is 0.394 e. The van der Waals surface area contributed by atoms with Crippen LogP contribution < -0.4 is 5.32 Å². The maximum Gasteiger partial charge on any atom is 0.254 e. The minimum atomic E-state index is -0.584. The van der Waals surface area contributed by atoms with E-state index >= 15 is 0 Å². The van der Waals surface area contributed by atoms with E-state index in [0.717, 1.165) is 0 Å². The lowest BCUT2D eigenvalue weighted by Crippen LogP contribution is -2.37. The lowest BCUT2D eigenvalue weighted by Gasteiger charge is -2.14. The fourth-order valence-corrected chi connectivity index (χ4v) is 1.55. The summed E-state index contributed by atoms with van der Waals surface area (Å²) >= 11 is 3.11. The highest BCUT2D eigenvalue weighted by atomic mass is 79.9. The molecule has 2 N–H and O–H groups in total. The van der Waals surface area contributed by atoms with E-state index in [0.29, 0.717) is 10.9 Å². The van der Waals surface area contributed by atoms with Gasteiger partial charge in [-0.15, -0.1) is 0 Å². The number of halogens is 2. The third-order valence-electron chi connectivity index (χ3n) is 2.22. The molecule has 0 aromatic heterocycles. The van der Waals surface area contributed by atoms with E-state index in [9.17, 15) is 9.18 Å². The van der Waals surface area contributed by atoms with Gasteiger partial charge in [0, 0.05) is 4.47 Å². The van der Waals surface area contributed by atoms with E-state index in [1.807, 2.05) is 6.92 Å². The highest BCUT2D eigenvalue weighted by Gasteiger charge is 2.15. The first kappa shape index (κ1) is 13.1. The monoisotopic (exact) mass is 289 g/mol. The molecule has 0 saturated carbocycles. The highest BCUT2D eigenvalue weighted by Crippen LogP contribution is 2.15. The first-order chi connectivity index (χ1) is 7.58. The highest BCUT2D eigenvalue weighted by molar-refractivity contribution is 9.10. The van der Waals surface area contributed by atoms with Gasteiger partial charge in [0.2, 0.25) is 0 Å². The van der Waals surface area contributed by atoms with Gasteiger partial charge >= 0.3 is 0 Å². The normalized spacial score (nSPS) is 12.2. The molecule has 0 spiro atoms. The Morgan fingerprint density at radius 1 is 1.62 bits per heavy atom. The lowest BCUT2D eigenvalue weighted by atomic mass is 10.1. The summed E-state index contributed by atoms with van der Waals surface area (Å²) in [4.78, 5) is 11.6. The van der Waals surface area contributed by atoms with E-state index in [2.05, 4.69) is 21.2 Å². The molecule has 1 aromatic rings. The second-order valence-electron chi connectivity index (χ2n) is 3.39. The van der Waals surface area contributed by atoms with Crippen molar-refractivity contribution in [1.29, 1.82) is 0 Å². The first-order valence-corrected chi connectivity index (χ1v) is 5.74. The van der Waals surface area contributed by atoms with Gasteiger partial charge < -0.3 is 10.4 Å². The van der Waals surface area contributed by atoms with Crippen LogP contribution in [-0.2, 0) is 0 Å². The number of nitrogens with one attached hydrogen (secondary N) is 1. The Morgan fingerprint density at radius 3 is 2.81 bits per heavy atom. The molecular formula is C11H13BrFNO2. The van der Waals surface area contributed by atoms with E-state index in [1.54, 1.807) is 6.07 Å². The van der Waals surface area contributed by atoms with Crippen molar-refractivity contribution >= 4 is 21.8 Å². The molecule has 0 aliphatic rings. The van der Waals surface area contributed by atoms with Crippen LogP contribution in [0.25, 0.3) is 0 Å². The summed E-state index contributed by atoms with van der Waals surface area (Å²) in [5.74, 6) is -1.09. The van der Waals surface area contributed by atoms with Gasteiger partial charge in [-0.1, -0.05) is 22.9 Å². The van der Waals surface area contributed by atoms with E-state index in [-0.39, 0.29) is 18.2 Å². The van der Waals surface area contributed by atoms with Crippen molar-refractivity contribution in [1.82, 2.24) is 5.32 Å². The molecule has 1 aromatic carbocycles. The van der Waals surface area contributed by atoms with Gasteiger partial charge in [0.15, 0.2) is 0 Å². The Balaban J connectivity index is 2.80. The predicted octanol–water partition coefficient (Wildman–Crippen LogP) is 2.09. The summed E-state index contributed by atoms with van der Waals surface area (Å²) in [5, 5.41) is 11.5. The van der Waals surface area contributed by atoms with Crippen molar-refractivity contribution in [2.45, 2.75) is 19.4 Å². The molecule has 0 heterocycles. The van der Waals surface area contributed by atoms with Crippen molar-refractivity contribution in [2.75, 3.05) is 6.61 Å². The van der Waals surface area contributed by atoms with Gasteiger partial charge in [-0.05, 0) is 24.6 Å². The maximum absolute atomic E-state index is 13.4. The number of hydrogen-bond donors (Lipinski definition) is 2. The topological polar surface area (TPSA) is 49.3 Å². The number of hydrogen-bond acceptors (Lipinski definition) is 2. The molecule has 5 heteroatoms. The summed E-state index contributed by atoms with van der Waals surface area (Å²) in [6.07, 6.45) is 0.598. The summed E-state index contributed by atoms with van der Waals surface area (Å²) in [6.45, 7) is 1.68.